The summed E-state index contributed by atoms with van der Waals surface area (Å²) in [6.45, 7) is 0.0774. The van der Waals surface area contributed by atoms with Crippen LogP contribution in [0.5, 0.6) is 0 Å². The molecule has 0 aromatic rings. The number of nitrogens with zero attached hydrogens (tertiary/aromatic N) is 1. The first-order chi connectivity index (χ1) is 7.09. The molecule has 0 bridgehead atoms. The van der Waals surface area contributed by atoms with Gasteiger partial charge < -0.3 is 14.6 Å². The molecule has 2 saturated heterocycles. The topological polar surface area (TPSA) is 93.1 Å². The molecule has 2 atom stereocenters. The molecule has 2 amide bonds. The first-order valence-corrected chi connectivity index (χ1v) is 4.45. The fraction of sp³-hybridized carbons (Fsp3) is 0.625. The number of carbonyl (C=O) groups excluding carboxylic acids is 2. The molecule has 0 aliphatic carbocycles. The third kappa shape index (κ3) is 1.65. The Labute approximate surface area is 84.5 Å². The van der Waals surface area contributed by atoms with Crippen molar-refractivity contribution in [2.24, 2.45) is 0 Å². The Morgan fingerprint density at radius 1 is 1.40 bits per heavy atom. The summed E-state index contributed by atoms with van der Waals surface area (Å²) in [4.78, 5) is 33.7. The summed E-state index contributed by atoms with van der Waals surface area (Å²) in [7, 11) is 0. The number of hydrogen-bond acceptors (Lipinski definition) is 5. The fourth-order valence-corrected chi connectivity index (χ4v) is 1.60. The third-order valence-electron chi connectivity index (χ3n) is 2.35. The van der Waals surface area contributed by atoms with Gasteiger partial charge in [0.15, 0.2) is 12.3 Å². The van der Waals surface area contributed by atoms with E-state index in [1.807, 2.05) is 0 Å². The molecule has 0 aromatic heterocycles. The van der Waals surface area contributed by atoms with Gasteiger partial charge >= 0.3 is 6.16 Å². The Hall–Kier alpha value is -1.63. The highest BCUT2D eigenvalue weighted by Crippen LogP contribution is 2.26. The summed E-state index contributed by atoms with van der Waals surface area (Å²) in [5.74, 6) is -0.688. The van der Waals surface area contributed by atoms with E-state index in [1.165, 1.54) is 0 Å². The molecule has 0 aromatic carbocycles. The molecule has 2 aliphatic heterocycles. The second-order valence-electron chi connectivity index (χ2n) is 3.30. The third-order valence-corrected chi connectivity index (χ3v) is 2.35. The molecular formula is C8H9NO6. The van der Waals surface area contributed by atoms with Crippen molar-refractivity contribution in [2.75, 3.05) is 6.61 Å². The maximum absolute atomic E-state index is 11.3. The zero-order valence-electron chi connectivity index (χ0n) is 7.71. The Morgan fingerprint density at radius 2 is 2.00 bits per heavy atom. The summed E-state index contributed by atoms with van der Waals surface area (Å²) in [5.41, 5.74) is 0. The van der Waals surface area contributed by atoms with Crippen LogP contribution in [-0.2, 0) is 19.1 Å². The lowest BCUT2D eigenvalue weighted by molar-refractivity contribution is -0.225. The lowest BCUT2D eigenvalue weighted by Gasteiger charge is -2.39. The predicted molar refractivity (Wildman–Crippen MR) is 43.7 cm³/mol. The maximum atomic E-state index is 11.3. The number of hydrogen-bond donors (Lipinski definition) is 1. The van der Waals surface area contributed by atoms with Crippen LogP contribution in [0.3, 0.4) is 0 Å². The standard InChI is InChI=1S/C8H9NO6/c10-5-1-2-6(11)9(5)7-4(3-14-7)15-8(12)13/h4,7H,1-3H2,(H,12,13). The van der Waals surface area contributed by atoms with Crippen molar-refractivity contribution in [2.45, 2.75) is 25.2 Å². The summed E-state index contributed by atoms with van der Waals surface area (Å²) >= 11 is 0. The smallest absolute Gasteiger partial charge is 0.450 e. The Bertz CT molecular complexity index is 311. The molecule has 2 fully saturated rings. The van der Waals surface area contributed by atoms with E-state index in [4.69, 9.17) is 9.84 Å². The summed E-state index contributed by atoms with van der Waals surface area (Å²) in [6.07, 6.45) is -2.76. The maximum Gasteiger partial charge on any atom is 0.506 e. The molecule has 15 heavy (non-hydrogen) atoms. The van der Waals surface area contributed by atoms with Crippen LogP contribution in [0.1, 0.15) is 12.8 Å². The van der Waals surface area contributed by atoms with Gasteiger partial charge in [0.1, 0.15) is 0 Å². The summed E-state index contributed by atoms with van der Waals surface area (Å²) in [5, 5.41) is 8.38. The van der Waals surface area contributed by atoms with Crippen LogP contribution in [0.2, 0.25) is 0 Å². The molecule has 2 heterocycles. The highest BCUT2D eigenvalue weighted by Gasteiger charge is 2.47. The van der Waals surface area contributed by atoms with Gasteiger partial charge in [-0.15, -0.1) is 0 Å². The van der Waals surface area contributed by atoms with Crippen molar-refractivity contribution in [3.05, 3.63) is 0 Å². The summed E-state index contributed by atoms with van der Waals surface area (Å²) < 4.78 is 9.42. The quantitative estimate of drug-likeness (QED) is 0.495. The lowest BCUT2D eigenvalue weighted by Crippen LogP contribution is -2.59. The van der Waals surface area contributed by atoms with Crippen molar-refractivity contribution >= 4 is 18.0 Å². The zero-order valence-corrected chi connectivity index (χ0v) is 7.71. The molecule has 2 aliphatic rings. The van der Waals surface area contributed by atoms with E-state index in [-0.39, 0.29) is 31.3 Å². The average Bonchev–Trinajstić information content (AvgIpc) is 2.44. The van der Waals surface area contributed by atoms with Gasteiger partial charge in [-0.05, 0) is 0 Å². The highest BCUT2D eigenvalue weighted by atomic mass is 16.7. The lowest BCUT2D eigenvalue weighted by atomic mass is 10.2. The number of imide groups is 1. The number of ether oxygens (including phenoxy) is 2. The molecule has 0 saturated carbocycles. The van der Waals surface area contributed by atoms with Gasteiger partial charge in [-0.1, -0.05) is 0 Å². The molecule has 2 unspecified atom stereocenters. The molecule has 82 valence electrons. The van der Waals surface area contributed by atoms with E-state index in [2.05, 4.69) is 4.74 Å². The van der Waals surface area contributed by atoms with Crippen molar-refractivity contribution < 1.29 is 29.0 Å². The summed E-state index contributed by atoms with van der Waals surface area (Å²) in [6, 6.07) is 0. The van der Waals surface area contributed by atoms with Gasteiger partial charge in [0.25, 0.3) is 0 Å². The number of carboxylic acid groups (broad SMARTS) is 1. The predicted octanol–water partition coefficient (Wildman–Crippen LogP) is -0.445. The Morgan fingerprint density at radius 3 is 2.40 bits per heavy atom. The Kier molecular flexibility index (Phi) is 2.31. The first kappa shape index (κ1) is 9.91. The largest absolute Gasteiger partial charge is 0.506 e. The van der Waals surface area contributed by atoms with Gasteiger partial charge in [-0.25, -0.2) is 4.79 Å². The van der Waals surface area contributed by atoms with Crippen LogP contribution < -0.4 is 0 Å². The van der Waals surface area contributed by atoms with Crippen molar-refractivity contribution in [3.63, 3.8) is 0 Å². The van der Waals surface area contributed by atoms with Gasteiger partial charge in [0.05, 0.1) is 6.61 Å². The van der Waals surface area contributed by atoms with Crippen LogP contribution in [0.25, 0.3) is 0 Å². The van der Waals surface area contributed by atoms with E-state index >= 15 is 0 Å². The van der Waals surface area contributed by atoms with Crippen LogP contribution >= 0.6 is 0 Å². The minimum atomic E-state index is -1.44. The SMILES string of the molecule is O=C(O)OC1COC1N1C(=O)CCC1=O. The van der Waals surface area contributed by atoms with E-state index in [1.54, 1.807) is 0 Å². The van der Waals surface area contributed by atoms with Crippen LogP contribution in [0.4, 0.5) is 4.79 Å². The molecule has 0 spiro atoms. The molecule has 1 N–H and O–H groups in total. The van der Waals surface area contributed by atoms with Gasteiger partial charge in [-0.2, -0.15) is 0 Å². The zero-order chi connectivity index (χ0) is 11.0. The number of carbonyl (C=O) groups is 3. The van der Waals surface area contributed by atoms with Crippen molar-refractivity contribution in [1.82, 2.24) is 4.90 Å². The van der Waals surface area contributed by atoms with Crippen LogP contribution in [-0.4, -0.2) is 46.9 Å². The minimum absolute atomic E-state index is 0.0774. The number of amides is 2. The highest BCUT2D eigenvalue weighted by molar-refractivity contribution is 6.02. The molecule has 2 rings (SSSR count). The molecular weight excluding hydrogens is 206 g/mol. The molecule has 0 radical (unpaired) electrons. The second-order valence-corrected chi connectivity index (χ2v) is 3.30. The van der Waals surface area contributed by atoms with Crippen LogP contribution in [0, 0.1) is 0 Å². The van der Waals surface area contributed by atoms with Crippen molar-refractivity contribution in [3.8, 4) is 0 Å². The monoisotopic (exact) mass is 215 g/mol. The number of likely N-dealkylation sites (tertiary alicyclic amines) is 1. The fourth-order valence-electron chi connectivity index (χ4n) is 1.60. The Balaban J connectivity index is 2.02. The van der Waals surface area contributed by atoms with Crippen molar-refractivity contribution in [1.29, 1.82) is 0 Å². The number of rotatable bonds is 2. The van der Waals surface area contributed by atoms with Gasteiger partial charge in [0, 0.05) is 12.8 Å². The van der Waals surface area contributed by atoms with Gasteiger partial charge in [0.2, 0.25) is 11.8 Å². The molecule has 7 heteroatoms. The van der Waals surface area contributed by atoms with E-state index in [9.17, 15) is 14.4 Å². The molecule has 7 nitrogen and oxygen atoms in total. The van der Waals surface area contributed by atoms with E-state index < -0.39 is 18.5 Å². The second kappa shape index (κ2) is 3.50. The first-order valence-electron chi connectivity index (χ1n) is 4.45. The normalized spacial score (nSPS) is 30.3. The van der Waals surface area contributed by atoms with E-state index in [0.717, 1.165) is 4.90 Å². The van der Waals surface area contributed by atoms with E-state index in [0.29, 0.717) is 0 Å². The minimum Gasteiger partial charge on any atom is -0.450 e. The average molecular weight is 215 g/mol. The van der Waals surface area contributed by atoms with Gasteiger partial charge in [-0.3, -0.25) is 14.5 Å². The van der Waals surface area contributed by atoms with Crippen LogP contribution in [0.15, 0.2) is 0 Å².